The van der Waals surface area contributed by atoms with Gasteiger partial charge in [0.05, 0.1) is 6.54 Å². The molecule has 0 bridgehead atoms. The van der Waals surface area contributed by atoms with E-state index in [4.69, 9.17) is 4.74 Å². The third-order valence-corrected chi connectivity index (χ3v) is 3.65. The lowest BCUT2D eigenvalue weighted by molar-refractivity contribution is -0.127. The Hall–Kier alpha value is -1.62. The molecule has 20 heavy (non-hydrogen) atoms. The van der Waals surface area contributed by atoms with Crippen molar-refractivity contribution in [3.63, 3.8) is 0 Å². The predicted molar refractivity (Wildman–Crippen MR) is 75.0 cm³/mol. The highest BCUT2D eigenvalue weighted by Gasteiger charge is 2.28. The maximum absolute atomic E-state index is 12.8. The van der Waals surface area contributed by atoms with Crippen molar-refractivity contribution in [1.82, 2.24) is 10.6 Å². The molecule has 2 atom stereocenters. The van der Waals surface area contributed by atoms with E-state index >= 15 is 0 Å². The molecule has 1 aromatic rings. The normalized spacial score (nSPS) is 17.9. The number of benzene rings is 1. The first-order chi connectivity index (χ1) is 9.56. The van der Waals surface area contributed by atoms with Gasteiger partial charge in [-0.05, 0) is 50.2 Å². The van der Waals surface area contributed by atoms with Crippen molar-refractivity contribution >= 4 is 5.91 Å². The minimum atomic E-state index is -0.291. The summed E-state index contributed by atoms with van der Waals surface area (Å²) >= 11 is 0. The SMILES string of the molecule is CC(CNC(=O)C(C)C1CNC1)Oc1ccc(F)cc1. The van der Waals surface area contributed by atoms with Crippen molar-refractivity contribution < 1.29 is 13.9 Å². The van der Waals surface area contributed by atoms with E-state index in [0.29, 0.717) is 18.2 Å². The summed E-state index contributed by atoms with van der Waals surface area (Å²) in [5.41, 5.74) is 0. The summed E-state index contributed by atoms with van der Waals surface area (Å²) in [5.74, 6) is 0.828. The van der Waals surface area contributed by atoms with E-state index in [-0.39, 0.29) is 23.7 Å². The number of hydrogen-bond donors (Lipinski definition) is 2. The predicted octanol–water partition coefficient (Wildman–Crippen LogP) is 1.56. The van der Waals surface area contributed by atoms with Crippen LogP contribution >= 0.6 is 0 Å². The average molecular weight is 280 g/mol. The second-order valence-electron chi connectivity index (χ2n) is 5.33. The van der Waals surface area contributed by atoms with Crippen molar-refractivity contribution in [3.05, 3.63) is 30.1 Å². The third kappa shape index (κ3) is 3.93. The monoisotopic (exact) mass is 280 g/mol. The molecule has 0 aliphatic carbocycles. The van der Waals surface area contributed by atoms with Crippen LogP contribution in [-0.2, 0) is 4.79 Å². The van der Waals surface area contributed by atoms with Gasteiger partial charge in [-0.2, -0.15) is 0 Å². The molecule has 0 radical (unpaired) electrons. The molecule has 0 saturated carbocycles. The summed E-state index contributed by atoms with van der Waals surface area (Å²) < 4.78 is 18.4. The highest BCUT2D eigenvalue weighted by atomic mass is 19.1. The summed E-state index contributed by atoms with van der Waals surface area (Å²) in [6, 6.07) is 5.87. The van der Waals surface area contributed by atoms with Gasteiger partial charge in [0.15, 0.2) is 0 Å². The lowest BCUT2D eigenvalue weighted by atomic mass is 9.88. The van der Waals surface area contributed by atoms with Crippen LogP contribution in [0.15, 0.2) is 24.3 Å². The number of carbonyl (C=O) groups is 1. The number of halogens is 1. The highest BCUT2D eigenvalue weighted by molar-refractivity contribution is 5.78. The van der Waals surface area contributed by atoms with Gasteiger partial charge in [-0.1, -0.05) is 6.92 Å². The molecule has 1 aliphatic rings. The van der Waals surface area contributed by atoms with Crippen molar-refractivity contribution in [2.24, 2.45) is 11.8 Å². The number of nitrogens with one attached hydrogen (secondary N) is 2. The molecule has 110 valence electrons. The first-order valence-corrected chi connectivity index (χ1v) is 6.97. The summed E-state index contributed by atoms with van der Waals surface area (Å²) in [6.45, 7) is 6.10. The van der Waals surface area contributed by atoms with Gasteiger partial charge in [0, 0.05) is 5.92 Å². The van der Waals surface area contributed by atoms with Crippen LogP contribution in [0.5, 0.6) is 5.75 Å². The number of carbonyl (C=O) groups excluding carboxylic acids is 1. The number of amides is 1. The molecule has 2 rings (SSSR count). The van der Waals surface area contributed by atoms with E-state index in [9.17, 15) is 9.18 Å². The van der Waals surface area contributed by atoms with Gasteiger partial charge in [0.1, 0.15) is 17.7 Å². The van der Waals surface area contributed by atoms with E-state index in [0.717, 1.165) is 13.1 Å². The Morgan fingerprint density at radius 2 is 2.05 bits per heavy atom. The van der Waals surface area contributed by atoms with E-state index in [1.807, 2.05) is 13.8 Å². The van der Waals surface area contributed by atoms with Crippen molar-refractivity contribution in [2.75, 3.05) is 19.6 Å². The van der Waals surface area contributed by atoms with E-state index < -0.39 is 0 Å². The quantitative estimate of drug-likeness (QED) is 0.831. The molecule has 1 aromatic carbocycles. The Labute approximate surface area is 118 Å². The first-order valence-electron chi connectivity index (χ1n) is 6.97. The molecular weight excluding hydrogens is 259 g/mol. The van der Waals surface area contributed by atoms with Gasteiger partial charge in [-0.3, -0.25) is 4.79 Å². The van der Waals surface area contributed by atoms with Crippen LogP contribution in [0.25, 0.3) is 0 Å². The largest absolute Gasteiger partial charge is 0.489 e. The molecule has 1 aliphatic heterocycles. The van der Waals surface area contributed by atoms with Crippen LogP contribution in [0.4, 0.5) is 4.39 Å². The molecule has 1 amide bonds. The fraction of sp³-hybridized carbons (Fsp3) is 0.533. The number of ether oxygens (including phenoxy) is 1. The fourth-order valence-corrected chi connectivity index (χ4v) is 2.07. The lowest BCUT2D eigenvalue weighted by Gasteiger charge is -2.32. The van der Waals surface area contributed by atoms with Gasteiger partial charge in [-0.25, -0.2) is 4.39 Å². The van der Waals surface area contributed by atoms with E-state index in [1.54, 1.807) is 12.1 Å². The smallest absolute Gasteiger partial charge is 0.223 e. The zero-order valence-electron chi connectivity index (χ0n) is 11.9. The van der Waals surface area contributed by atoms with Crippen LogP contribution in [0, 0.1) is 17.7 Å². The second-order valence-corrected chi connectivity index (χ2v) is 5.33. The van der Waals surface area contributed by atoms with Gasteiger partial charge in [-0.15, -0.1) is 0 Å². The molecule has 4 nitrogen and oxygen atoms in total. The zero-order valence-corrected chi connectivity index (χ0v) is 11.9. The summed E-state index contributed by atoms with van der Waals surface area (Å²) in [5, 5.41) is 6.06. The average Bonchev–Trinajstić information content (AvgIpc) is 2.36. The molecule has 5 heteroatoms. The van der Waals surface area contributed by atoms with Crippen molar-refractivity contribution in [2.45, 2.75) is 20.0 Å². The molecule has 2 N–H and O–H groups in total. The molecule has 2 unspecified atom stereocenters. The van der Waals surface area contributed by atoms with Crippen molar-refractivity contribution in [1.29, 1.82) is 0 Å². The van der Waals surface area contributed by atoms with Gasteiger partial charge < -0.3 is 15.4 Å². The first kappa shape index (κ1) is 14.8. The molecular formula is C15H21FN2O2. The lowest BCUT2D eigenvalue weighted by Crippen LogP contribution is -2.50. The molecule has 0 spiro atoms. The Balaban J connectivity index is 1.72. The minimum Gasteiger partial charge on any atom is -0.489 e. The van der Waals surface area contributed by atoms with Gasteiger partial charge >= 0.3 is 0 Å². The van der Waals surface area contributed by atoms with Crippen LogP contribution in [0.2, 0.25) is 0 Å². The van der Waals surface area contributed by atoms with Crippen LogP contribution in [0.1, 0.15) is 13.8 Å². The van der Waals surface area contributed by atoms with Crippen molar-refractivity contribution in [3.8, 4) is 5.75 Å². The topological polar surface area (TPSA) is 50.4 Å². The summed E-state index contributed by atoms with van der Waals surface area (Å²) in [7, 11) is 0. The molecule has 1 heterocycles. The third-order valence-electron chi connectivity index (χ3n) is 3.65. The Bertz CT molecular complexity index is 446. The van der Waals surface area contributed by atoms with Crippen LogP contribution < -0.4 is 15.4 Å². The van der Waals surface area contributed by atoms with E-state index in [2.05, 4.69) is 10.6 Å². The second kappa shape index (κ2) is 6.70. The van der Waals surface area contributed by atoms with Gasteiger partial charge in [0.25, 0.3) is 0 Å². The van der Waals surface area contributed by atoms with Crippen LogP contribution in [0.3, 0.4) is 0 Å². The molecule has 1 fully saturated rings. The Morgan fingerprint density at radius 1 is 1.40 bits per heavy atom. The minimum absolute atomic E-state index is 0.0225. The summed E-state index contributed by atoms with van der Waals surface area (Å²) in [4.78, 5) is 11.9. The van der Waals surface area contributed by atoms with Gasteiger partial charge in [0.2, 0.25) is 5.91 Å². The fourth-order valence-electron chi connectivity index (χ4n) is 2.07. The zero-order chi connectivity index (χ0) is 14.5. The maximum Gasteiger partial charge on any atom is 0.223 e. The maximum atomic E-state index is 12.8. The Kier molecular flexibility index (Phi) is 4.95. The standard InChI is InChI=1S/C15H21FN2O2/c1-10(20-14-5-3-13(16)4-6-14)7-18-15(19)11(2)12-8-17-9-12/h3-6,10-12,17H,7-9H2,1-2H3,(H,18,19). The number of hydrogen-bond acceptors (Lipinski definition) is 3. The summed E-state index contributed by atoms with van der Waals surface area (Å²) in [6.07, 6.45) is -0.156. The highest BCUT2D eigenvalue weighted by Crippen LogP contribution is 2.16. The number of rotatable bonds is 6. The van der Waals surface area contributed by atoms with Crippen LogP contribution in [-0.4, -0.2) is 31.6 Å². The van der Waals surface area contributed by atoms with E-state index in [1.165, 1.54) is 12.1 Å². The molecule has 0 aromatic heterocycles. The molecule has 1 saturated heterocycles. The Morgan fingerprint density at radius 3 is 2.60 bits per heavy atom.